The minimum Gasteiger partial charge on any atom is -0.483 e. The Morgan fingerprint density at radius 1 is 0.975 bits per heavy atom. The van der Waals surface area contributed by atoms with Crippen LogP contribution in [0.3, 0.4) is 0 Å². The number of nitrogens with zero attached hydrogens (tertiary/aromatic N) is 1. The number of benzene rings is 3. The van der Waals surface area contributed by atoms with Crippen LogP contribution in [0.4, 0.5) is 5.69 Å². The summed E-state index contributed by atoms with van der Waals surface area (Å²) in [5.41, 5.74) is 4.36. The van der Waals surface area contributed by atoms with E-state index in [1.807, 2.05) is 18.2 Å². The van der Waals surface area contributed by atoms with Crippen LogP contribution < -0.4 is 9.64 Å². The molecule has 3 aromatic rings. The second-order valence-corrected chi connectivity index (χ2v) is 11.5. The molecule has 0 amide bonds. The third-order valence-electron chi connectivity index (χ3n) is 8.29. The maximum Gasteiger partial charge on any atom is 0.224 e. The zero-order valence-corrected chi connectivity index (χ0v) is 23.0. The molecule has 1 aliphatic carbocycles. The molecule has 5 atom stereocenters. The summed E-state index contributed by atoms with van der Waals surface area (Å²) in [4.78, 5) is 2.39. The van der Waals surface area contributed by atoms with Crippen LogP contribution in [0.1, 0.15) is 35.1 Å². The monoisotopic (exact) mass is 567 g/mol. The van der Waals surface area contributed by atoms with Crippen LogP contribution in [0.15, 0.2) is 66.7 Å². The molecule has 2 fully saturated rings. The number of hydrogen-bond donors (Lipinski definition) is 4. The minimum absolute atomic E-state index is 0.0964. The summed E-state index contributed by atoms with van der Waals surface area (Å²) in [6, 6.07) is 21.7. The number of ether oxygens (including phenoxy) is 3. The average Bonchev–Trinajstić information content (AvgIpc) is 3.72. The van der Waals surface area contributed by atoms with E-state index in [0.29, 0.717) is 17.0 Å². The normalized spacial score (nSPS) is 28.7. The number of fused-ring (bicyclic) bond motifs is 1. The van der Waals surface area contributed by atoms with Crippen LogP contribution in [0, 0.1) is 0 Å². The van der Waals surface area contributed by atoms with E-state index in [1.165, 1.54) is 12.7 Å². The molecule has 9 heteroatoms. The number of anilines is 1. The molecule has 3 aromatic carbocycles. The fourth-order valence-electron chi connectivity index (χ4n) is 5.86. The number of methoxy groups -OCH3 is 1. The molecule has 40 heavy (non-hydrogen) atoms. The molecule has 0 radical (unpaired) electrons. The number of rotatable bonds is 7. The van der Waals surface area contributed by atoms with E-state index in [1.54, 1.807) is 18.2 Å². The second kappa shape index (κ2) is 10.6. The zero-order valence-electron chi connectivity index (χ0n) is 22.2. The Hall–Kier alpha value is -2.69. The lowest BCUT2D eigenvalue weighted by Crippen LogP contribution is -2.64. The van der Waals surface area contributed by atoms with Gasteiger partial charge in [0.1, 0.15) is 35.8 Å². The molecule has 1 spiro atoms. The van der Waals surface area contributed by atoms with Gasteiger partial charge in [-0.15, -0.1) is 0 Å². The lowest BCUT2D eigenvalue weighted by molar-refractivity contribution is -0.366. The zero-order chi connectivity index (χ0) is 28.1. The first kappa shape index (κ1) is 27.5. The van der Waals surface area contributed by atoms with Gasteiger partial charge in [0.05, 0.1) is 18.8 Å². The molecule has 6 rings (SSSR count). The molecule has 3 aliphatic rings. The Morgan fingerprint density at radius 2 is 1.75 bits per heavy atom. The van der Waals surface area contributed by atoms with E-state index in [4.69, 9.17) is 25.8 Å². The van der Waals surface area contributed by atoms with Gasteiger partial charge in [0.25, 0.3) is 0 Å². The molecule has 1 saturated carbocycles. The molecule has 4 N–H and O–H groups in total. The SMILES string of the molecule is COC1(c2ccc(Cl)c(Cc3ccc4c(c3)N(Cc3ccccc3)CC3(CC3)O4)c2)O[C@H](CO)[C@@H](O)[C@H](O)[C@H]1O. The van der Waals surface area contributed by atoms with Crippen LogP contribution in [-0.4, -0.2) is 70.7 Å². The van der Waals surface area contributed by atoms with E-state index >= 15 is 0 Å². The summed E-state index contributed by atoms with van der Waals surface area (Å²) in [5.74, 6) is -0.928. The van der Waals surface area contributed by atoms with E-state index in [-0.39, 0.29) is 5.60 Å². The topological polar surface area (TPSA) is 112 Å². The van der Waals surface area contributed by atoms with Gasteiger partial charge >= 0.3 is 0 Å². The predicted molar refractivity (Wildman–Crippen MR) is 149 cm³/mol. The predicted octanol–water partition coefficient (Wildman–Crippen LogP) is 3.14. The smallest absolute Gasteiger partial charge is 0.224 e. The van der Waals surface area contributed by atoms with Crippen molar-refractivity contribution in [1.82, 2.24) is 0 Å². The molecule has 8 nitrogen and oxygen atoms in total. The fourth-order valence-corrected chi connectivity index (χ4v) is 6.05. The first-order chi connectivity index (χ1) is 19.3. The Kier molecular flexibility index (Phi) is 7.29. The summed E-state index contributed by atoms with van der Waals surface area (Å²) in [7, 11) is 1.34. The first-order valence-electron chi connectivity index (χ1n) is 13.6. The van der Waals surface area contributed by atoms with Gasteiger partial charge < -0.3 is 39.5 Å². The van der Waals surface area contributed by atoms with Gasteiger partial charge in [-0.1, -0.05) is 54.1 Å². The van der Waals surface area contributed by atoms with Crippen molar-refractivity contribution < 1.29 is 34.6 Å². The van der Waals surface area contributed by atoms with Crippen molar-refractivity contribution >= 4 is 17.3 Å². The standard InChI is InChI=1S/C31H34ClNO7/c1-38-31(29(37)28(36)27(35)26(17-34)40-31)22-8-9-23(32)21(15-22)13-20-7-10-25-24(14-20)33(18-30(39-25)11-12-30)16-19-5-3-2-4-6-19/h2-10,14-15,26-29,34-37H,11-13,16-18H2,1H3/t26-,27-,28+,29-,31?/m1/s1. The van der Waals surface area contributed by atoms with Crippen LogP contribution in [0.2, 0.25) is 5.02 Å². The van der Waals surface area contributed by atoms with Gasteiger partial charge in [0.2, 0.25) is 5.79 Å². The summed E-state index contributed by atoms with van der Waals surface area (Å²) in [6.45, 7) is 1.05. The highest BCUT2D eigenvalue weighted by Gasteiger charge is 2.55. The van der Waals surface area contributed by atoms with Crippen molar-refractivity contribution in [2.75, 3.05) is 25.2 Å². The number of aliphatic hydroxyl groups excluding tert-OH is 4. The van der Waals surface area contributed by atoms with Crippen LogP contribution in [0.25, 0.3) is 0 Å². The summed E-state index contributed by atoms with van der Waals surface area (Å²) in [6.07, 6.45) is -3.22. The quantitative estimate of drug-likeness (QED) is 0.345. The highest BCUT2D eigenvalue weighted by molar-refractivity contribution is 6.31. The largest absolute Gasteiger partial charge is 0.483 e. The lowest BCUT2D eigenvalue weighted by Gasteiger charge is -2.47. The molecule has 0 aromatic heterocycles. The Bertz CT molecular complexity index is 1370. The van der Waals surface area contributed by atoms with Gasteiger partial charge in [-0.3, -0.25) is 0 Å². The van der Waals surface area contributed by atoms with Gasteiger partial charge in [0, 0.05) is 24.2 Å². The van der Waals surface area contributed by atoms with Crippen molar-refractivity contribution in [2.24, 2.45) is 0 Å². The van der Waals surface area contributed by atoms with Gasteiger partial charge in [0.15, 0.2) is 0 Å². The first-order valence-corrected chi connectivity index (χ1v) is 13.9. The number of halogens is 1. The van der Waals surface area contributed by atoms with Crippen molar-refractivity contribution in [2.45, 2.75) is 61.6 Å². The second-order valence-electron chi connectivity index (χ2n) is 11.0. The molecular weight excluding hydrogens is 534 g/mol. The van der Waals surface area contributed by atoms with E-state index < -0.39 is 36.8 Å². The average molecular weight is 568 g/mol. The maximum absolute atomic E-state index is 10.9. The van der Waals surface area contributed by atoms with Crippen molar-refractivity contribution in [3.63, 3.8) is 0 Å². The molecule has 0 bridgehead atoms. The molecule has 1 unspecified atom stereocenters. The van der Waals surface area contributed by atoms with Crippen LogP contribution in [-0.2, 0) is 28.2 Å². The van der Waals surface area contributed by atoms with Crippen molar-refractivity contribution in [3.05, 3.63) is 94.0 Å². The molecule has 212 valence electrons. The highest BCUT2D eigenvalue weighted by Crippen LogP contribution is 2.49. The summed E-state index contributed by atoms with van der Waals surface area (Å²) >= 11 is 6.63. The van der Waals surface area contributed by atoms with Gasteiger partial charge in [-0.2, -0.15) is 0 Å². The Balaban J connectivity index is 1.31. The fraction of sp³-hybridized carbons (Fsp3) is 0.419. The van der Waals surface area contributed by atoms with Crippen LogP contribution >= 0.6 is 11.6 Å². The molecule has 1 saturated heterocycles. The molecular formula is C31H34ClNO7. The third-order valence-corrected chi connectivity index (χ3v) is 8.66. The van der Waals surface area contributed by atoms with Gasteiger partial charge in [-0.25, -0.2) is 0 Å². The Labute approximate surface area is 238 Å². The summed E-state index contributed by atoms with van der Waals surface area (Å²) in [5, 5.41) is 41.9. The van der Waals surface area contributed by atoms with E-state index in [2.05, 4.69) is 35.2 Å². The lowest BCUT2D eigenvalue weighted by atomic mass is 9.87. The van der Waals surface area contributed by atoms with Gasteiger partial charge in [-0.05, 0) is 60.2 Å². The molecule has 2 aliphatic heterocycles. The van der Waals surface area contributed by atoms with E-state index in [9.17, 15) is 20.4 Å². The molecule has 2 heterocycles. The highest BCUT2D eigenvalue weighted by atomic mass is 35.5. The van der Waals surface area contributed by atoms with Crippen LogP contribution in [0.5, 0.6) is 5.75 Å². The third kappa shape index (κ3) is 4.88. The summed E-state index contributed by atoms with van der Waals surface area (Å²) < 4.78 is 17.9. The van der Waals surface area contributed by atoms with Crippen molar-refractivity contribution in [1.29, 1.82) is 0 Å². The number of hydrogen-bond acceptors (Lipinski definition) is 8. The van der Waals surface area contributed by atoms with E-state index in [0.717, 1.165) is 48.5 Å². The minimum atomic E-state index is -1.81. The maximum atomic E-state index is 10.9. The number of aliphatic hydroxyl groups is 4. The van der Waals surface area contributed by atoms with Crippen molar-refractivity contribution in [3.8, 4) is 5.75 Å². The Morgan fingerprint density at radius 3 is 2.45 bits per heavy atom.